The predicted octanol–water partition coefficient (Wildman–Crippen LogP) is -2.05. The van der Waals surface area contributed by atoms with Crippen LogP contribution in [0.1, 0.15) is 50.7 Å². The van der Waals surface area contributed by atoms with Crippen LogP contribution >= 0.6 is 0 Å². The SMILES string of the molecule is COCCn1ccc(=O)c([O-])c1C(=O)NCC1CC(CNC(=O)c2c([O-])c(=O)ccn2CCOC)CC(CNC(=O)c2c([O-])c(=O)ccn2CCOC)C1.[La]. The first-order chi connectivity index (χ1) is 25.9. The topological polar surface area (TPSA) is 250 Å². The van der Waals surface area contributed by atoms with Gasteiger partial charge in [-0.05, 0) is 54.3 Å². The van der Waals surface area contributed by atoms with Gasteiger partial charge in [0.1, 0.15) is 17.1 Å². The van der Waals surface area contributed by atoms with E-state index in [4.69, 9.17) is 14.2 Å². The van der Waals surface area contributed by atoms with E-state index in [9.17, 15) is 44.1 Å². The number of pyridine rings is 3. The van der Waals surface area contributed by atoms with E-state index in [1.807, 2.05) is 0 Å². The fourth-order valence-electron chi connectivity index (χ4n) is 6.66. The van der Waals surface area contributed by atoms with E-state index >= 15 is 0 Å². The normalized spacial score (nSPS) is 16.5. The molecule has 1 aliphatic carbocycles. The molecule has 3 N–H and O–H groups in total. The van der Waals surface area contributed by atoms with E-state index in [0.29, 0.717) is 19.3 Å². The number of aromatic nitrogens is 3. The first-order valence-electron chi connectivity index (χ1n) is 17.4. The maximum Gasteiger partial charge on any atom is 0.267 e. The molecule has 3 aromatic rings. The molecule has 0 atom stereocenters. The average molecular weight is 893 g/mol. The number of ether oxygens (including phenoxy) is 3. The number of methoxy groups -OCH3 is 3. The molecule has 4 rings (SSSR count). The molecule has 0 bridgehead atoms. The number of nitrogens with zero attached hydrogens (tertiary/aromatic N) is 3. The Balaban J connectivity index is 0.00000812. The quantitative estimate of drug-likeness (QED) is 0.125. The number of carbonyl (C=O) groups is 3. The number of rotatable bonds is 18. The molecule has 297 valence electrons. The van der Waals surface area contributed by atoms with Crippen LogP contribution in [0.15, 0.2) is 51.2 Å². The van der Waals surface area contributed by atoms with Crippen molar-refractivity contribution < 1.29 is 79.5 Å². The van der Waals surface area contributed by atoms with Crippen molar-refractivity contribution in [3.05, 3.63) is 84.5 Å². The molecule has 18 nitrogen and oxygen atoms in total. The Hall–Kier alpha value is -4.27. The fourth-order valence-corrected chi connectivity index (χ4v) is 6.66. The van der Waals surface area contributed by atoms with E-state index in [1.165, 1.54) is 53.6 Å². The molecular weight excluding hydrogens is 847 g/mol. The zero-order chi connectivity index (χ0) is 39.4. The van der Waals surface area contributed by atoms with Crippen molar-refractivity contribution in [2.75, 3.05) is 60.8 Å². The number of carbonyl (C=O) groups excluding carboxylic acids is 3. The molecule has 55 heavy (non-hydrogen) atoms. The van der Waals surface area contributed by atoms with Gasteiger partial charge < -0.3 is 59.2 Å². The van der Waals surface area contributed by atoms with Crippen molar-refractivity contribution in [1.82, 2.24) is 29.7 Å². The van der Waals surface area contributed by atoms with Gasteiger partial charge in [-0.1, -0.05) is 0 Å². The second-order valence-corrected chi connectivity index (χ2v) is 13.1. The standard InChI is InChI=1S/C36H48N6O12.La/c1-52-13-10-40-7-4-25(43)31(46)28(40)34(49)37-19-22-16-23(20-38-35(50)29-32(47)26(44)5-8-41(29)11-14-53-2)18-24(17-22)21-39-36(51)30-33(48)27(45)6-9-42(30)12-15-54-3;/h4-9,22-24,46-48H,10-21H2,1-3H3,(H,37,49)(H,38,50)(H,39,51);/p-3. The van der Waals surface area contributed by atoms with Crippen LogP contribution in [-0.2, 0) is 33.8 Å². The van der Waals surface area contributed by atoms with Crippen molar-refractivity contribution in [3.63, 3.8) is 0 Å². The Morgan fingerprint density at radius 2 is 0.818 bits per heavy atom. The number of amides is 3. The van der Waals surface area contributed by atoms with Crippen molar-refractivity contribution in [3.8, 4) is 17.2 Å². The molecule has 0 unspecified atom stereocenters. The van der Waals surface area contributed by atoms with E-state index in [0.717, 1.165) is 18.2 Å². The van der Waals surface area contributed by atoms with Crippen LogP contribution in [0.5, 0.6) is 17.2 Å². The van der Waals surface area contributed by atoms with Gasteiger partial charge in [0.05, 0.1) is 19.8 Å². The molecule has 0 spiro atoms. The second-order valence-electron chi connectivity index (χ2n) is 13.1. The molecule has 1 fully saturated rings. The van der Waals surface area contributed by atoms with Crippen LogP contribution in [0.3, 0.4) is 0 Å². The largest absolute Gasteiger partial charge is 0.868 e. The molecule has 0 aromatic carbocycles. The Kier molecular flexibility index (Phi) is 17.8. The maximum absolute atomic E-state index is 13.3. The van der Waals surface area contributed by atoms with Crippen LogP contribution in [0, 0.1) is 53.4 Å². The Labute approximate surface area is 344 Å². The van der Waals surface area contributed by atoms with Crippen LogP contribution in [0.25, 0.3) is 0 Å². The summed E-state index contributed by atoms with van der Waals surface area (Å²) in [6.07, 6.45) is 5.44. The van der Waals surface area contributed by atoms with Gasteiger partial charge in [-0.3, -0.25) is 28.8 Å². The first-order valence-corrected chi connectivity index (χ1v) is 17.4. The van der Waals surface area contributed by atoms with E-state index in [1.54, 1.807) is 0 Å². The Bertz CT molecular complexity index is 1750. The molecule has 1 radical (unpaired) electrons. The maximum atomic E-state index is 13.3. The Morgan fingerprint density at radius 1 is 0.564 bits per heavy atom. The Morgan fingerprint density at radius 3 is 1.05 bits per heavy atom. The summed E-state index contributed by atoms with van der Waals surface area (Å²) in [7, 11) is 4.38. The fraction of sp³-hybridized carbons (Fsp3) is 0.500. The number of nitrogens with one attached hydrogen (secondary N) is 3. The van der Waals surface area contributed by atoms with Crippen molar-refractivity contribution in [2.45, 2.75) is 38.9 Å². The van der Waals surface area contributed by atoms with Crippen molar-refractivity contribution in [2.24, 2.45) is 17.8 Å². The van der Waals surface area contributed by atoms with Crippen molar-refractivity contribution in [1.29, 1.82) is 0 Å². The molecule has 19 heteroatoms. The van der Waals surface area contributed by atoms with Gasteiger partial charge in [-0.15, -0.1) is 0 Å². The number of hydrogen-bond acceptors (Lipinski definition) is 12. The molecule has 0 saturated heterocycles. The number of hydrogen-bond donors (Lipinski definition) is 3. The second kappa shape index (κ2) is 21.7. The van der Waals surface area contributed by atoms with E-state index < -0.39 is 51.3 Å². The summed E-state index contributed by atoms with van der Waals surface area (Å²) in [5, 5.41) is 46.4. The molecule has 3 aromatic heterocycles. The minimum atomic E-state index is -0.957. The van der Waals surface area contributed by atoms with Gasteiger partial charge >= 0.3 is 0 Å². The molecule has 0 aliphatic heterocycles. The van der Waals surface area contributed by atoms with E-state index in [-0.39, 0.29) is 130 Å². The monoisotopic (exact) mass is 892 g/mol. The average Bonchev–Trinajstić information content (AvgIpc) is 3.16. The molecule has 3 amide bonds. The van der Waals surface area contributed by atoms with Gasteiger partial charge in [0.2, 0.25) is 0 Å². The molecule has 3 heterocycles. The minimum Gasteiger partial charge on any atom is -0.868 e. The summed E-state index contributed by atoms with van der Waals surface area (Å²) in [6, 6.07) is 3.24. The zero-order valence-electron chi connectivity index (χ0n) is 31.0. The van der Waals surface area contributed by atoms with Gasteiger partial charge in [-0.25, -0.2) is 0 Å². The van der Waals surface area contributed by atoms with Gasteiger partial charge in [0, 0.05) is 133 Å². The minimum absolute atomic E-state index is 0. The van der Waals surface area contributed by atoms with E-state index in [2.05, 4.69) is 16.0 Å². The predicted molar refractivity (Wildman–Crippen MR) is 187 cm³/mol. The van der Waals surface area contributed by atoms with Gasteiger partial charge in [0.15, 0.2) is 16.3 Å². The first kappa shape index (κ1) is 45.1. The summed E-state index contributed by atoms with van der Waals surface area (Å²) in [5.41, 5.74) is -3.52. The summed E-state index contributed by atoms with van der Waals surface area (Å²) < 4.78 is 19.2. The molecule has 1 aliphatic rings. The molecular formula is C36H45LaN6O12-3. The smallest absolute Gasteiger partial charge is 0.267 e. The summed E-state index contributed by atoms with van der Waals surface area (Å²) in [4.78, 5) is 76.4. The third-order valence-corrected chi connectivity index (χ3v) is 9.30. The van der Waals surface area contributed by atoms with Crippen molar-refractivity contribution >= 4 is 17.7 Å². The van der Waals surface area contributed by atoms with Crippen LogP contribution in [0.4, 0.5) is 0 Å². The summed E-state index contributed by atoms with van der Waals surface area (Å²) >= 11 is 0. The summed E-state index contributed by atoms with van der Waals surface area (Å²) in [6.45, 7) is 1.22. The van der Waals surface area contributed by atoms with Gasteiger partial charge in [-0.2, -0.15) is 0 Å². The molecule has 1 saturated carbocycles. The van der Waals surface area contributed by atoms with Crippen LogP contribution < -0.4 is 47.6 Å². The summed E-state index contributed by atoms with van der Waals surface area (Å²) in [5.74, 6) is -5.87. The van der Waals surface area contributed by atoms with Crippen LogP contribution in [-0.4, -0.2) is 92.2 Å². The third kappa shape index (κ3) is 11.9. The third-order valence-electron chi connectivity index (χ3n) is 9.30. The van der Waals surface area contributed by atoms with Crippen LogP contribution in [0.2, 0.25) is 0 Å². The zero-order valence-corrected chi connectivity index (χ0v) is 34.6. The van der Waals surface area contributed by atoms with Gasteiger partial charge in [0.25, 0.3) is 17.7 Å².